The summed E-state index contributed by atoms with van der Waals surface area (Å²) in [6.07, 6.45) is 0. The first kappa shape index (κ1) is 22.8. The highest BCUT2D eigenvalue weighted by Gasteiger charge is 2.17. The Labute approximate surface area is 205 Å². The normalized spacial score (nSPS) is 10.9. The molecule has 0 spiro atoms. The van der Waals surface area contributed by atoms with Crippen LogP contribution in [0, 0.1) is 17.0 Å². The number of anilines is 1. The minimum atomic E-state index is -0.463. The Morgan fingerprint density at radius 1 is 1.03 bits per heavy atom. The number of nitro benzene ring substituents is 1. The Hall–Kier alpha value is -4.99. The summed E-state index contributed by atoms with van der Waals surface area (Å²) in [5.41, 5.74) is 2.84. The van der Waals surface area contributed by atoms with E-state index >= 15 is 0 Å². The van der Waals surface area contributed by atoms with Crippen molar-refractivity contribution < 1.29 is 14.5 Å². The van der Waals surface area contributed by atoms with Crippen molar-refractivity contribution in [1.82, 2.24) is 19.3 Å². The molecule has 3 aromatic carbocycles. The van der Waals surface area contributed by atoms with Crippen molar-refractivity contribution in [2.24, 2.45) is 0 Å². The molecule has 0 aliphatic rings. The van der Waals surface area contributed by atoms with E-state index in [4.69, 9.17) is 4.74 Å². The summed E-state index contributed by atoms with van der Waals surface area (Å²) in [6.45, 7) is 2.02. The molecule has 0 unspecified atom stereocenters. The molecule has 5 rings (SSSR count). The quantitative estimate of drug-likeness (QED) is 0.254. The number of carbonyl (C=O) groups excluding carboxylic acids is 1. The first-order valence-electron chi connectivity index (χ1n) is 11.2. The molecule has 1 amide bonds. The van der Waals surface area contributed by atoms with Gasteiger partial charge in [0.1, 0.15) is 30.5 Å². The minimum absolute atomic E-state index is 0.0124. The van der Waals surface area contributed by atoms with Crippen LogP contribution in [0.15, 0.2) is 84.9 Å². The number of aromatic nitrogens is 4. The topological polar surface area (TPSA) is 117 Å². The van der Waals surface area contributed by atoms with Crippen molar-refractivity contribution in [1.29, 1.82) is 0 Å². The second-order valence-electron chi connectivity index (χ2n) is 8.11. The van der Waals surface area contributed by atoms with Crippen molar-refractivity contribution in [2.75, 3.05) is 5.32 Å². The number of aryl methyl sites for hydroxylation is 1. The molecule has 0 saturated carbocycles. The van der Waals surface area contributed by atoms with Crippen molar-refractivity contribution >= 4 is 28.4 Å². The second kappa shape index (κ2) is 9.71. The van der Waals surface area contributed by atoms with Gasteiger partial charge in [-0.2, -0.15) is 5.10 Å². The summed E-state index contributed by atoms with van der Waals surface area (Å²) >= 11 is 0. The number of rotatable bonds is 8. The van der Waals surface area contributed by atoms with E-state index in [2.05, 4.69) is 15.4 Å². The van der Waals surface area contributed by atoms with Gasteiger partial charge in [-0.3, -0.25) is 14.9 Å². The van der Waals surface area contributed by atoms with Gasteiger partial charge in [0, 0.05) is 18.2 Å². The Bertz CT molecular complexity index is 1540. The van der Waals surface area contributed by atoms with Crippen molar-refractivity contribution in [3.8, 4) is 11.4 Å². The summed E-state index contributed by atoms with van der Waals surface area (Å²) in [5, 5.41) is 18.3. The van der Waals surface area contributed by atoms with E-state index in [-0.39, 0.29) is 24.7 Å². The highest BCUT2D eigenvalue weighted by molar-refractivity contribution is 5.91. The lowest BCUT2D eigenvalue weighted by Crippen LogP contribution is -2.22. The van der Waals surface area contributed by atoms with Crippen LogP contribution in [0.5, 0.6) is 5.75 Å². The zero-order valence-corrected chi connectivity index (χ0v) is 19.4. The largest absolute Gasteiger partial charge is 0.486 e. The van der Waals surface area contributed by atoms with E-state index in [1.807, 2.05) is 59.2 Å². The maximum Gasteiger partial charge on any atom is 0.269 e. The van der Waals surface area contributed by atoms with Crippen LogP contribution < -0.4 is 10.1 Å². The summed E-state index contributed by atoms with van der Waals surface area (Å²) in [6, 6.07) is 24.7. The maximum absolute atomic E-state index is 13.2. The number of hydrogen-bond acceptors (Lipinski definition) is 6. The molecule has 5 aromatic rings. The summed E-state index contributed by atoms with van der Waals surface area (Å²) in [5.74, 6) is 1.51. The molecule has 180 valence electrons. The Morgan fingerprint density at radius 3 is 2.50 bits per heavy atom. The SMILES string of the molecule is Cc1cc(NC(=O)Cn2c(COc3ccccc3)nc3ccccc32)n(-c2ccc([N+](=O)[O-])cc2)n1. The standard InChI is InChI=1S/C26H22N6O4/c1-18-15-24(31(29-18)19-11-13-20(14-12-19)32(34)35)28-26(33)16-30-23-10-6-5-9-22(23)27-25(30)17-36-21-7-3-2-4-8-21/h2-15H,16-17H2,1H3,(H,28,33). The van der Waals surface area contributed by atoms with Crippen LogP contribution in [0.25, 0.3) is 16.7 Å². The lowest BCUT2D eigenvalue weighted by atomic mass is 10.3. The molecule has 10 heteroatoms. The number of carbonyl (C=O) groups is 1. The van der Waals surface area contributed by atoms with Crippen LogP contribution in [0.4, 0.5) is 11.5 Å². The summed E-state index contributed by atoms with van der Waals surface area (Å²) in [7, 11) is 0. The number of para-hydroxylation sites is 3. The monoisotopic (exact) mass is 482 g/mol. The fourth-order valence-electron chi connectivity index (χ4n) is 3.90. The Balaban J connectivity index is 1.38. The molecule has 0 bridgehead atoms. The number of benzene rings is 3. The molecule has 0 aliphatic heterocycles. The van der Waals surface area contributed by atoms with Gasteiger partial charge in [-0.25, -0.2) is 9.67 Å². The number of fused-ring (bicyclic) bond motifs is 1. The molecule has 0 fully saturated rings. The third-order valence-electron chi connectivity index (χ3n) is 5.55. The van der Waals surface area contributed by atoms with Crippen molar-refractivity contribution in [3.05, 3.63) is 107 Å². The molecule has 36 heavy (non-hydrogen) atoms. The lowest BCUT2D eigenvalue weighted by molar-refractivity contribution is -0.384. The molecule has 0 saturated heterocycles. The number of imidazole rings is 1. The van der Waals surface area contributed by atoms with Gasteiger partial charge in [0.15, 0.2) is 0 Å². The van der Waals surface area contributed by atoms with Crippen molar-refractivity contribution in [2.45, 2.75) is 20.1 Å². The zero-order chi connectivity index (χ0) is 25.1. The van der Waals surface area contributed by atoms with E-state index in [1.54, 1.807) is 29.8 Å². The Morgan fingerprint density at radius 2 is 1.75 bits per heavy atom. The summed E-state index contributed by atoms with van der Waals surface area (Å²) in [4.78, 5) is 28.3. The van der Waals surface area contributed by atoms with Gasteiger partial charge in [0.2, 0.25) is 5.91 Å². The highest BCUT2D eigenvalue weighted by Crippen LogP contribution is 2.22. The third kappa shape index (κ3) is 4.78. The van der Waals surface area contributed by atoms with Gasteiger partial charge in [0.05, 0.1) is 27.3 Å². The van der Waals surface area contributed by atoms with E-state index in [0.29, 0.717) is 28.8 Å². The minimum Gasteiger partial charge on any atom is -0.486 e. The summed E-state index contributed by atoms with van der Waals surface area (Å²) < 4.78 is 9.26. The molecule has 0 atom stereocenters. The fourth-order valence-corrected chi connectivity index (χ4v) is 3.90. The smallest absolute Gasteiger partial charge is 0.269 e. The number of hydrogen-bond donors (Lipinski definition) is 1. The van der Waals surface area contributed by atoms with E-state index in [0.717, 1.165) is 11.0 Å². The van der Waals surface area contributed by atoms with Gasteiger partial charge in [-0.1, -0.05) is 30.3 Å². The van der Waals surface area contributed by atoms with Gasteiger partial charge >= 0.3 is 0 Å². The Kier molecular flexibility index (Phi) is 6.14. The van der Waals surface area contributed by atoms with Crippen LogP contribution in [-0.4, -0.2) is 30.2 Å². The molecule has 2 heterocycles. The average molecular weight is 483 g/mol. The second-order valence-corrected chi connectivity index (χ2v) is 8.11. The van der Waals surface area contributed by atoms with Gasteiger partial charge in [0.25, 0.3) is 5.69 Å². The van der Waals surface area contributed by atoms with E-state index in [9.17, 15) is 14.9 Å². The van der Waals surface area contributed by atoms with Crippen LogP contribution in [-0.2, 0) is 17.9 Å². The molecule has 0 radical (unpaired) electrons. The van der Waals surface area contributed by atoms with Crippen LogP contribution in [0.3, 0.4) is 0 Å². The zero-order valence-electron chi connectivity index (χ0n) is 19.4. The average Bonchev–Trinajstić information content (AvgIpc) is 3.43. The number of amides is 1. The first-order valence-corrected chi connectivity index (χ1v) is 11.2. The van der Waals surface area contributed by atoms with Crippen LogP contribution >= 0.6 is 0 Å². The van der Waals surface area contributed by atoms with Gasteiger partial charge in [-0.05, 0) is 43.3 Å². The molecule has 10 nitrogen and oxygen atoms in total. The lowest BCUT2D eigenvalue weighted by Gasteiger charge is -2.12. The van der Waals surface area contributed by atoms with E-state index < -0.39 is 4.92 Å². The van der Waals surface area contributed by atoms with E-state index in [1.165, 1.54) is 12.1 Å². The third-order valence-corrected chi connectivity index (χ3v) is 5.55. The molecular weight excluding hydrogens is 460 g/mol. The van der Waals surface area contributed by atoms with Gasteiger partial charge < -0.3 is 14.6 Å². The molecular formula is C26H22N6O4. The van der Waals surface area contributed by atoms with Gasteiger partial charge in [-0.15, -0.1) is 0 Å². The predicted molar refractivity (Wildman–Crippen MR) is 134 cm³/mol. The number of non-ortho nitro benzene ring substituents is 1. The highest BCUT2D eigenvalue weighted by atomic mass is 16.6. The molecule has 2 aromatic heterocycles. The first-order chi connectivity index (χ1) is 17.5. The fraction of sp³-hybridized carbons (Fsp3) is 0.115. The number of nitrogens with one attached hydrogen (secondary N) is 1. The van der Waals surface area contributed by atoms with Crippen molar-refractivity contribution in [3.63, 3.8) is 0 Å². The van der Waals surface area contributed by atoms with Crippen LogP contribution in [0.2, 0.25) is 0 Å². The van der Waals surface area contributed by atoms with Crippen LogP contribution in [0.1, 0.15) is 11.5 Å². The maximum atomic E-state index is 13.2. The number of nitrogens with zero attached hydrogens (tertiary/aromatic N) is 5. The molecule has 0 aliphatic carbocycles. The molecule has 1 N–H and O–H groups in total. The number of nitro groups is 1. The number of ether oxygens (including phenoxy) is 1. The predicted octanol–water partition coefficient (Wildman–Crippen LogP) is 4.66.